The zero-order chi connectivity index (χ0) is 17.8. The van der Waals surface area contributed by atoms with Crippen molar-refractivity contribution in [2.45, 2.75) is 38.0 Å². The molecule has 5 nitrogen and oxygen atoms in total. The van der Waals surface area contributed by atoms with Crippen LogP contribution >= 0.6 is 0 Å². The van der Waals surface area contributed by atoms with Gasteiger partial charge in [-0.2, -0.15) is 0 Å². The summed E-state index contributed by atoms with van der Waals surface area (Å²) >= 11 is 0. The molecule has 0 saturated heterocycles. The number of rotatable bonds is 6. The maximum Gasteiger partial charge on any atom is 0.141 e. The van der Waals surface area contributed by atoms with Gasteiger partial charge in [0.15, 0.2) is 0 Å². The van der Waals surface area contributed by atoms with E-state index in [4.69, 9.17) is 4.74 Å². The number of aryl methyl sites for hydroxylation is 1. The summed E-state index contributed by atoms with van der Waals surface area (Å²) in [6.45, 7) is 0.752. The lowest BCUT2D eigenvalue weighted by atomic mass is 9.89. The predicted molar refractivity (Wildman–Crippen MR) is 99.5 cm³/mol. The summed E-state index contributed by atoms with van der Waals surface area (Å²) in [4.78, 5) is 8.53. The van der Waals surface area contributed by atoms with Crippen molar-refractivity contribution < 1.29 is 9.84 Å². The van der Waals surface area contributed by atoms with Crippen molar-refractivity contribution in [2.24, 2.45) is 0 Å². The van der Waals surface area contributed by atoms with E-state index in [1.807, 2.05) is 22.9 Å². The Labute approximate surface area is 153 Å². The van der Waals surface area contributed by atoms with Crippen LogP contribution in [0.4, 0.5) is 0 Å². The maximum atomic E-state index is 10.5. The Kier molecular flexibility index (Phi) is 5.09. The van der Waals surface area contributed by atoms with Gasteiger partial charge in [-0.15, -0.1) is 0 Å². The molecule has 0 bridgehead atoms. The summed E-state index contributed by atoms with van der Waals surface area (Å²) in [7, 11) is 0. The fourth-order valence-corrected chi connectivity index (χ4v) is 3.60. The van der Waals surface area contributed by atoms with Gasteiger partial charge in [0.05, 0.1) is 25.4 Å². The van der Waals surface area contributed by atoms with E-state index in [9.17, 15) is 5.11 Å². The van der Waals surface area contributed by atoms with E-state index in [1.165, 1.54) is 11.1 Å². The lowest BCUT2D eigenvalue weighted by Crippen LogP contribution is -2.24. The normalized spacial score (nSPS) is 17.7. The second kappa shape index (κ2) is 7.81. The zero-order valence-corrected chi connectivity index (χ0v) is 14.7. The molecular weight excluding hydrogens is 326 g/mol. The quantitative estimate of drug-likeness (QED) is 0.741. The first-order valence-corrected chi connectivity index (χ1v) is 9.10. The average Bonchev–Trinajstić information content (AvgIpc) is 3.15. The molecule has 1 aliphatic carbocycles. The van der Waals surface area contributed by atoms with E-state index in [0.29, 0.717) is 13.2 Å². The van der Waals surface area contributed by atoms with Crippen molar-refractivity contribution >= 4 is 0 Å². The molecule has 1 N–H and O–H groups in total. The van der Waals surface area contributed by atoms with E-state index in [1.54, 1.807) is 18.6 Å². The molecule has 134 valence electrons. The van der Waals surface area contributed by atoms with Crippen LogP contribution in [-0.2, 0) is 17.7 Å². The highest BCUT2D eigenvalue weighted by Crippen LogP contribution is 2.32. The fourth-order valence-electron chi connectivity index (χ4n) is 3.60. The Hall–Kier alpha value is -2.50. The molecule has 2 heterocycles. The van der Waals surface area contributed by atoms with Gasteiger partial charge in [0, 0.05) is 30.4 Å². The van der Waals surface area contributed by atoms with Crippen LogP contribution in [0.2, 0.25) is 0 Å². The van der Waals surface area contributed by atoms with Crippen LogP contribution in [-0.4, -0.2) is 32.4 Å². The molecule has 1 aromatic carbocycles. The minimum atomic E-state index is -0.589. The van der Waals surface area contributed by atoms with Crippen molar-refractivity contribution in [1.82, 2.24) is 14.5 Å². The van der Waals surface area contributed by atoms with Crippen molar-refractivity contribution in [2.75, 3.05) is 6.61 Å². The largest absolute Gasteiger partial charge is 0.389 e. The molecule has 26 heavy (non-hydrogen) atoms. The highest BCUT2D eigenvalue weighted by Gasteiger charge is 2.21. The molecule has 0 aliphatic heterocycles. The number of aliphatic hydroxyl groups is 1. The molecule has 4 rings (SSSR count). The van der Waals surface area contributed by atoms with Gasteiger partial charge in [0.1, 0.15) is 5.82 Å². The van der Waals surface area contributed by atoms with Crippen molar-refractivity contribution in [3.05, 3.63) is 72.3 Å². The third-order valence-electron chi connectivity index (χ3n) is 4.85. The van der Waals surface area contributed by atoms with Gasteiger partial charge in [0.25, 0.3) is 0 Å². The Morgan fingerprint density at radius 2 is 2.12 bits per heavy atom. The number of hydrogen-bond acceptors (Lipinski definition) is 4. The zero-order valence-electron chi connectivity index (χ0n) is 14.7. The molecule has 0 spiro atoms. The number of imidazole rings is 1. The fraction of sp³-hybridized carbons (Fsp3) is 0.333. The van der Waals surface area contributed by atoms with Crippen molar-refractivity contribution in [3.63, 3.8) is 0 Å². The Morgan fingerprint density at radius 3 is 3.00 bits per heavy atom. The smallest absolute Gasteiger partial charge is 0.141 e. The molecule has 1 aliphatic rings. The second-order valence-electron chi connectivity index (χ2n) is 6.71. The summed E-state index contributed by atoms with van der Waals surface area (Å²) in [5, 5.41) is 10.5. The van der Waals surface area contributed by atoms with E-state index in [-0.39, 0.29) is 6.10 Å². The highest BCUT2D eigenvalue weighted by atomic mass is 16.5. The molecule has 0 amide bonds. The summed E-state index contributed by atoms with van der Waals surface area (Å²) in [6.07, 6.45) is 9.88. The number of aliphatic hydroxyl groups excluding tert-OH is 1. The van der Waals surface area contributed by atoms with E-state index >= 15 is 0 Å². The molecule has 5 heteroatoms. The van der Waals surface area contributed by atoms with Gasteiger partial charge < -0.3 is 14.4 Å². The van der Waals surface area contributed by atoms with Crippen LogP contribution in [0, 0.1) is 0 Å². The van der Waals surface area contributed by atoms with Crippen molar-refractivity contribution in [3.8, 4) is 11.4 Å². The van der Waals surface area contributed by atoms with Gasteiger partial charge in [-0.25, -0.2) is 4.98 Å². The summed E-state index contributed by atoms with van der Waals surface area (Å²) in [5.74, 6) is 0.806. The molecule has 2 aromatic heterocycles. The number of aromatic nitrogens is 3. The molecule has 3 aromatic rings. The minimum Gasteiger partial charge on any atom is -0.389 e. The SMILES string of the molecule is OC(COC1CCCc2ccccc21)Cn1ccnc1-c1cccnc1. The number of nitrogens with zero attached hydrogens (tertiary/aromatic N) is 3. The van der Waals surface area contributed by atoms with Crippen LogP contribution in [0.25, 0.3) is 11.4 Å². The molecule has 0 radical (unpaired) electrons. The molecule has 2 unspecified atom stereocenters. The predicted octanol–water partition coefficient (Wildman–Crippen LogP) is 3.40. The van der Waals surface area contributed by atoms with Crippen LogP contribution in [0.3, 0.4) is 0 Å². The van der Waals surface area contributed by atoms with Gasteiger partial charge in [0.2, 0.25) is 0 Å². The lowest BCUT2D eigenvalue weighted by molar-refractivity contribution is -0.0224. The van der Waals surface area contributed by atoms with Gasteiger partial charge in [-0.3, -0.25) is 4.98 Å². The van der Waals surface area contributed by atoms with Crippen molar-refractivity contribution in [1.29, 1.82) is 0 Å². The molecule has 0 saturated carbocycles. The Bertz CT molecular complexity index is 847. The molecule has 0 fully saturated rings. The monoisotopic (exact) mass is 349 g/mol. The highest BCUT2D eigenvalue weighted by molar-refractivity contribution is 5.53. The maximum absolute atomic E-state index is 10.5. The van der Waals surface area contributed by atoms with Gasteiger partial charge in [-0.05, 0) is 42.5 Å². The third kappa shape index (κ3) is 3.69. The standard InChI is InChI=1S/C21H23N3O2/c25-18(14-24-12-11-23-21(24)17-7-4-10-22-13-17)15-26-20-9-3-6-16-5-1-2-8-19(16)20/h1-2,4-5,7-8,10-13,18,20,25H,3,6,9,14-15H2. The number of pyridine rings is 1. The topological polar surface area (TPSA) is 60.2 Å². The Balaban J connectivity index is 1.39. The molecular formula is C21H23N3O2. The first-order chi connectivity index (χ1) is 12.8. The van der Waals surface area contributed by atoms with Gasteiger partial charge in [-0.1, -0.05) is 24.3 Å². The van der Waals surface area contributed by atoms with E-state index in [0.717, 1.165) is 30.7 Å². The third-order valence-corrected chi connectivity index (χ3v) is 4.85. The first-order valence-electron chi connectivity index (χ1n) is 9.10. The van der Waals surface area contributed by atoms with Crippen LogP contribution in [0.1, 0.15) is 30.1 Å². The van der Waals surface area contributed by atoms with E-state index in [2.05, 4.69) is 34.2 Å². The van der Waals surface area contributed by atoms with Gasteiger partial charge >= 0.3 is 0 Å². The van der Waals surface area contributed by atoms with Crippen LogP contribution in [0.5, 0.6) is 0 Å². The average molecular weight is 349 g/mol. The summed E-state index contributed by atoms with van der Waals surface area (Å²) in [5.41, 5.74) is 3.57. The number of hydrogen-bond donors (Lipinski definition) is 1. The van der Waals surface area contributed by atoms with Crippen LogP contribution in [0.15, 0.2) is 61.2 Å². The number of ether oxygens (including phenoxy) is 1. The Morgan fingerprint density at radius 1 is 1.19 bits per heavy atom. The molecule has 2 atom stereocenters. The number of fused-ring (bicyclic) bond motifs is 1. The summed E-state index contributed by atoms with van der Waals surface area (Å²) in [6, 6.07) is 12.3. The minimum absolute atomic E-state index is 0.0789. The lowest BCUT2D eigenvalue weighted by Gasteiger charge is -2.26. The van der Waals surface area contributed by atoms with E-state index < -0.39 is 6.10 Å². The second-order valence-corrected chi connectivity index (χ2v) is 6.71. The number of benzene rings is 1. The summed E-state index contributed by atoms with van der Waals surface area (Å²) < 4.78 is 8.01. The first kappa shape index (κ1) is 16.9. The van der Waals surface area contributed by atoms with Crippen LogP contribution < -0.4 is 0 Å².